The van der Waals surface area contributed by atoms with Crippen LogP contribution in [0.15, 0.2) is 59.5 Å². The lowest BCUT2D eigenvalue weighted by molar-refractivity contribution is 0.593. The van der Waals surface area contributed by atoms with Crippen molar-refractivity contribution >= 4 is 9.84 Å². The zero-order valence-electron chi connectivity index (χ0n) is 11.0. The summed E-state index contributed by atoms with van der Waals surface area (Å²) < 4.78 is 24.8. The van der Waals surface area contributed by atoms with Gasteiger partial charge in [0.15, 0.2) is 9.84 Å². The van der Waals surface area contributed by atoms with Crippen molar-refractivity contribution in [3.63, 3.8) is 0 Å². The van der Waals surface area contributed by atoms with Gasteiger partial charge in [-0.1, -0.05) is 61.9 Å². The third kappa shape index (κ3) is 3.24. The molecule has 0 saturated heterocycles. The van der Waals surface area contributed by atoms with Crippen molar-refractivity contribution in [2.45, 2.75) is 24.7 Å². The van der Waals surface area contributed by atoms with Gasteiger partial charge in [0.05, 0.1) is 10.6 Å². The molecule has 19 heavy (non-hydrogen) atoms. The Labute approximate surface area is 115 Å². The molecular formula is C16H18O2S. The summed E-state index contributed by atoms with van der Waals surface area (Å²) in [6.45, 7) is 2.00. The normalized spacial score (nSPS) is 11.4. The quantitative estimate of drug-likeness (QED) is 0.828. The number of benzene rings is 2. The number of hydrogen-bond acceptors (Lipinski definition) is 2. The summed E-state index contributed by atoms with van der Waals surface area (Å²) in [4.78, 5) is 0.439. The molecule has 0 N–H and O–H groups in total. The number of unbranched alkanes of at least 4 members (excludes halogenated alkanes) is 1. The fourth-order valence-corrected chi connectivity index (χ4v) is 3.73. The summed E-state index contributed by atoms with van der Waals surface area (Å²) in [5, 5.41) is 0. The van der Waals surface area contributed by atoms with Crippen LogP contribution in [0.1, 0.15) is 19.8 Å². The van der Waals surface area contributed by atoms with Crippen LogP contribution in [0.3, 0.4) is 0 Å². The smallest absolute Gasteiger partial charge is 0.178 e. The maximum absolute atomic E-state index is 12.4. The Balaban J connectivity index is 2.48. The van der Waals surface area contributed by atoms with Crippen molar-refractivity contribution in [1.29, 1.82) is 0 Å². The fourth-order valence-electron chi connectivity index (χ4n) is 2.04. The molecular weight excluding hydrogens is 256 g/mol. The van der Waals surface area contributed by atoms with E-state index in [9.17, 15) is 8.42 Å². The molecule has 0 aromatic heterocycles. The van der Waals surface area contributed by atoms with Crippen molar-refractivity contribution in [3.8, 4) is 11.1 Å². The second kappa shape index (κ2) is 6.02. The van der Waals surface area contributed by atoms with Crippen LogP contribution >= 0.6 is 0 Å². The van der Waals surface area contributed by atoms with Gasteiger partial charge in [-0.2, -0.15) is 0 Å². The molecule has 0 saturated carbocycles. The van der Waals surface area contributed by atoms with Crippen molar-refractivity contribution in [3.05, 3.63) is 54.6 Å². The molecule has 2 aromatic rings. The topological polar surface area (TPSA) is 34.1 Å². The summed E-state index contributed by atoms with van der Waals surface area (Å²) in [6.07, 6.45) is 1.58. The lowest BCUT2D eigenvalue weighted by Gasteiger charge is -2.10. The van der Waals surface area contributed by atoms with Gasteiger partial charge in [-0.15, -0.1) is 0 Å². The van der Waals surface area contributed by atoms with Gasteiger partial charge in [-0.3, -0.25) is 0 Å². The molecule has 0 aliphatic carbocycles. The minimum absolute atomic E-state index is 0.216. The van der Waals surface area contributed by atoms with E-state index in [4.69, 9.17) is 0 Å². The first-order chi connectivity index (χ1) is 9.15. The van der Waals surface area contributed by atoms with Crippen LogP contribution in [0.4, 0.5) is 0 Å². The van der Waals surface area contributed by atoms with Gasteiger partial charge < -0.3 is 0 Å². The van der Waals surface area contributed by atoms with E-state index in [0.29, 0.717) is 11.3 Å². The Morgan fingerprint density at radius 3 is 2.21 bits per heavy atom. The second-order valence-electron chi connectivity index (χ2n) is 4.53. The zero-order chi connectivity index (χ0) is 13.7. The summed E-state index contributed by atoms with van der Waals surface area (Å²) in [6, 6.07) is 16.9. The van der Waals surface area contributed by atoms with E-state index in [0.717, 1.165) is 17.5 Å². The number of sulfone groups is 1. The van der Waals surface area contributed by atoms with Crippen molar-refractivity contribution in [1.82, 2.24) is 0 Å². The lowest BCUT2D eigenvalue weighted by Crippen LogP contribution is -2.08. The number of hydrogen-bond donors (Lipinski definition) is 0. The maximum atomic E-state index is 12.4. The van der Waals surface area contributed by atoms with Gasteiger partial charge >= 0.3 is 0 Å². The average molecular weight is 274 g/mol. The van der Waals surface area contributed by atoms with Gasteiger partial charge in [0.1, 0.15) is 0 Å². The first-order valence-corrected chi connectivity index (χ1v) is 8.17. The van der Waals surface area contributed by atoms with Gasteiger partial charge in [-0.25, -0.2) is 8.42 Å². The molecule has 100 valence electrons. The van der Waals surface area contributed by atoms with E-state index in [1.807, 2.05) is 49.4 Å². The highest BCUT2D eigenvalue weighted by molar-refractivity contribution is 7.91. The highest BCUT2D eigenvalue weighted by Crippen LogP contribution is 2.28. The molecule has 0 fully saturated rings. The predicted octanol–water partition coefficient (Wildman–Crippen LogP) is 3.93. The fraction of sp³-hybridized carbons (Fsp3) is 0.250. The standard InChI is InChI=1S/C16H18O2S/c1-2-3-13-19(17,18)16-12-8-7-11-15(16)14-9-5-4-6-10-14/h4-12H,2-3,13H2,1H3. The summed E-state index contributed by atoms with van der Waals surface area (Å²) in [5.74, 6) is 0.216. The SMILES string of the molecule is CCCCS(=O)(=O)c1ccccc1-c1ccccc1. The van der Waals surface area contributed by atoms with E-state index in [2.05, 4.69) is 0 Å². The molecule has 2 nitrogen and oxygen atoms in total. The predicted molar refractivity (Wildman–Crippen MR) is 78.8 cm³/mol. The molecule has 0 amide bonds. The highest BCUT2D eigenvalue weighted by Gasteiger charge is 2.18. The Morgan fingerprint density at radius 2 is 1.53 bits per heavy atom. The Morgan fingerprint density at radius 1 is 0.895 bits per heavy atom. The molecule has 0 unspecified atom stereocenters. The largest absolute Gasteiger partial charge is 0.224 e. The van der Waals surface area contributed by atoms with Gasteiger partial charge in [0.25, 0.3) is 0 Å². The van der Waals surface area contributed by atoms with E-state index in [-0.39, 0.29) is 5.75 Å². The van der Waals surface area contributed by atoms with E-state index in [1.54, 1.807) is 12.1 Å². The van der Waals surface area contributed by atoms with Crippen LogP contribution in [0.25, 0.3) is 11.1 Å². The minimum Gasteiger partial charge on any atom is -0.224 e. The lowest BCUT2D eigenvalue weighted by atomic mass is 10.1. The monoisotopic (exact) mass is 274 g/mol. The highest BCUT2D eigenvalue weighted by atomic mass is 32.2. The third-order valence-electron chi connectivity index (χ3n) is 3.07. The van der Waals surface area contributed by atoms with Crippen LogP contribution in [0.2, 0.25) is 0 Å². The van der Waals surface area contributed by atoms with Crippen LogP contribution in [-0.4, -0.2) is 14.2 Å². The molecule has 0 bridgehead atoms. The second-order valence-corrected chi connectivity index (χ2v) is 6.61. The first kappa shape index (κ1) is 13.8. The molecule has 0 aliphatic heterocycles. The molecule has 0 atom stereocenters. The minimum atomic E-state index is -3.20. The molecule has 0 spiro atoms. The molecule has 0 heterocycles. The van der Waals surface area contributed by atoms with Crippen LogP contribution < -0.4 is 0 Å². The average Bonchev–Trinajstić information content (AvgIpc) is 2.46. The molecule has 2 aromatic carbocycles. The van der Waals surface area contributed by atoms with Gasteiger partial charge in [0.2, 0.25) is 0 Å². The first-order valence-electron chi connectivity index (χ1n) is 6.52. The summed E-state index contributed by atoms with van der Waals surface area (Å²) in [5.41, 5.74) is 1.73. The Bertz CT molecular complexity index is 631. The zero-order valence-corrected chi connectivity index (χ0v) is 11.9. The van der Waals surface area contributed by atoms with Crippen LogP contribution in [-0.2, 0) is 9.84 Å². The molecule has 2 rings (SSSR count). The van der Waals surface area contributed by atoms with Crippen LogP contribution in [0.5, 0.6) is 0 Å². The van der Waals surface area contributed by atoms with Crippen molar-refractivity contribution in [2.24, 2.45) is 0 Å². The number of rotatable bonds is 5. The Hall–Kier alpha value is -1.61. The van der Waals surface area contributed by atoms with E-state index in [1.165, 1.54) is 0 Å². The molecule has 3 heteroatoms. The van der Waals surface area contributed by atoms with E-state index >= 15 is 0 Å². The molecule has 0 aliphatic rings. The van der Waals surface area contributed by atoms with Crippen molar-refractivity contribution in [2.75, 3.05) is 5.75 Å². The van der Waals surface area contributed by atoms with Crippen molar-refractivity contribution < 1.29 is 8.42 Å². The maximum Gasteiger partial charge on any atom is 0.178 e. The summed E-state index contributed by atoms with van der Waals surface area (Å²) in [7, 11) is -3.20. The van der Waals surface area contributed by atoms with Gasteiger partial charge in [0, 0.05) is 5.56 Å². The Kier molecular flexibility index (Phi) is 4.38. The summed E-state index contributed by atoms with van der Waals surface area (Å²) >= 11 is 0. The van der Waals surface area contributed by atoms with Gasteiger partial charge in [-0.05, 0) is 18.1 Å². The third-order valence-corrected chi connectivity index (χ3v) is 4.93. The van der Waals surface area contributed by atoms with E-state index < -0.39 is 9.84 Å². The molecule has 0 radical (unpaired) electrons. The van der Waals surface area contributed by atoms with Crippen LogP contribution in [0, 0.1) is 0 Å².